The molecule has 8 aromatic rings. The van der Waals surface area contributed by atoms with Crippen LogP contribution in [0.1, 0.15) is 82.7 Å². The van der Waals surface area contributed by atoms with E-state index in [1.807, 2.05) is 0 Å². The summed E-state index contributed by atoms with van der Waals surface area (Å²) >= 11 is 0. The summed E-state index contributed by atoms with van der Waals surface area (Å²) in [5.74, 6) is 0.514. The van der Waals surface area contributed by atoms with Crippen molar-refractivity contribution in [2.45, 2.75) is 44.4 Å². The summed E-state index contributed by atoms with van der Waals surface area (Å²) in [6.45, 7) is 4.72. The SMILES string of the molecule is CC1C=C(c2cccc(-c3ccc4c(c3)CC(C)c3ccccc3C43C4=CCCC=C4c4ccccc43)c2)N=C(c2ccc(-c3ccc(-c4ccccc4)cc3)cc2)C=C1c1ccccc1. The fourth-order valence-electron chi connectivity index (χ4n) is 11.5. The summed E-state index contributed by atoms with van der Waals surface area (Å²) in [6, 6.07) is 74.1. The predicted molar refractivity (Wildman–Crippen MR) is 277 cm³/mol. The lowest BCUT2D eigenvalue weighted by Gasteiger charge is -2.36. The zero-order valence-electron chi connectivity index (χ0n) is 37.6. The number of benzene rings is 8. The molecule has 4 aliphatic rings. The van der Waals surface area contributed by atoms with Crippen molar-refractivity contribution in [3.8, 4) is 33.4 Å². The summed E-state index contributed by atoms with van der Waals surface area (Å²) in [5.41, 5.74) is 25.0. The first-order valence-electron chi connectivity index (χ1n) is 23.7. The van der Waals surface area contributed by atoms with Crippen LogP contribution in [0.3, 0.4) is 0 Å². The van der Waals surface area contributed by atoms with Gasteiger partial charge in [0.25, 0.3) is 0 Å². The Labute approximate surface area is 389 Å². The second kappa shape index (κ2) is 16.4. The monoisotopic (exact) mass is 845 g/mol. The number of fused-ring (bicyclic) bond motifs is 9. The van der Waals surface area contributed by atoms with Crippen LogP contribution in [-0.2, 0) is 11.8 Å². The van der Waals surface area contributed by atoms with E-state index >= 15 is 0 Å². The number of hydrogen-bond donors (Lipinski definition) is 0. The van der Waals surface area contributed by atoms with Crippen LogP contribution in [0.4, 0.5) is 0 Å². The van der Waals surface area contributed by atoms with E-state index in [1.54, 1.807) is 0 Å². The maximum Gasteiger partial charge on any atom is 0.0715 e. The van der Waals surface area contributed by atoms with Crippen LogP contribution in [0, 0.1) is 5.92 Å². The van der Waals surface area contributed by atoms with E-state index in [-0.39, 0.29) is 11.3 Å². The molecule has 0 aromatic heterocycles. The molecule has 0 saturated carbocycles. The van der Waals surface area contributed by atoms with Gasteiger partial charge in [0, 0.05) is 17.0 Å². The van der Waals surface area contributed by atoms with E-state index in [4.69, 9.17) is 4.99 Å². The van der Waals surface area contributed by atoms with E-state index < -0.39 is 0 Å². The Bertz CT molecular complexity index is 3320. The predicted octanol–water partition coefficient (Wildman–Crippen LogP) is 16.4. The molecule has 3 unspecified atom stereocenters. The third-order valence-electron chi connectivity index (χ3n) is 14.6. The molecule has 1 nitrogen and oxygen atoms in total. The molecule has 0 N–H and O–H groups in total. The van der Waals surface area contributed by atoms with Gasteiger partial charge in [-0.15, -0.1) is 0 Å². The molecule has 0 radical (unpaired) electrons. The van der Waals surface area contributed by atoms with Crippen molar-refractivity contribution >= 4 is 22.6 Å². The molecule has 66 heavy (non-hydrogen) atoms. The Kier molecular flexibility index (Phi) is 9.94. The summed E-state index contributed by atoms with van der Waals surface area (Å²) in [4.78, 5) is 5.54. The number of nitrogens with zero attached hydrogens (tertiary/aromatic N) is 1. The molecule has 1 aliphatic heterocycles. The minimum atomic E-state index is -0.346. The quantitative estimate of drug-likeness (QED) is 0.158. The highest BCUT2D eigenvalue weighted by molar-refractivity contribution is 6.15. The molecule has 1 heterocycles. The average Bonchev–Trinajstić information content (AvgIpc) is 3.48. The van der Waals surface area contributed by atoms with Gasteiger partial charge in [-0.3, -0.25) is 0 Å². The number of rotatable bonds is 6. The topological polar surface area (TPSA) is 12.4 Å². The van der Waals surface area contributed by atoms with Crippen LogP contribution in [0.25, 0.3) is 50.2 Å². The zero-order valence-corrected chi connectivity index (χ0v) is 37.6. The molecule has 8 aromatic carbocycles. The van der Waals surface area contributed by atoms with Crippen LogP contribution in [0.2, 0.25) is 0 Å². The van der Waals surface area contributed by atoms with Gasteiger partial charge in [-0.1, -0.05) is 226 Å². The molecule has 1 heteroatoms. The smallest absolute Gasteiger partial charge is 0.0715 e. The second-order valence-corrected chi connectivity index (χ2v) is 18.6. The Morgan fingerprint density at radius 1 is 0.455 bits per heavy atom. The molecule has 0 saturated heterocycles. The lowest BCUT2D eigenvalue weighted by Crippen LogP contribution is -2.30. The van der Waals surface area contributed by atoms with Gasteiger partial charge in [-0.05, 0) is 126 Å². The highest BCUT2D eigenvalue weighted by Gasteiger charge is 2.51. The molecule has 3 aliphatic carbocycles. The molecule has 12 rings (SSSR count). The Morgan fingerprint density at radius 2 is 1.02 bits per heavy atom. The van der Waals surface area contributed by atoms with Gasteiger partial charge in [0.05, 0.1) is 16.8 Å². The first-order valence-corrected chi connectivity index (χ1v) is 23.7. The second-order valence-electron chi connectivity index (χ2n) is 18.6. The van der Waals surface area contributed by atoms with Crippen LogP contribution >= 0.6 is 0 Å². The number of aliphatic imine (C=N–C) groups is 1. The fraction of sp³-hybridized carbons (Fsp3) is 0.123. The highest BCUT2D eigenvalue weighted by Crippen LogP contribution is 2.61. The fourth-order valence-corrected chi connectivity index (χ4v) is 11.5. The molecule has 0 fully saturated rings. The standard InChI is InChI=1S/C65H51N/c1-43-38-54-41-52(36-37-59(54)65(60-25-12-9-22-55(43)60)61-26-13-10-23-56(61)57-24-11-14-27-62(57)65)51-20-15-21-53(40-51)63-39-44(2)58(49-18-7-4-8-19-49)42-64(66-63)50-34-32-48(33-35-50)47-30-28-46(29-31-47)45-16-5-3-6-17-45/h3-10,12-13,15-37,39-44H,11,14,38H2,1-2H3. The van der Waals surface area contributed by atoms with Gasteiger partial charge in [0.1, 0.15) is 0 Å². The summed E-state index contributed by atoms with van der Waals surface area (Å²) in [5, 5.41) is 0. The number of allylic oxidation sites excluding steroid dienone is 7. The van der Waals surface area contributed by atoms with E-state index in [1.165, 1.54) is 89.0 Å². The van der Waals surface area contributed by atoms with E-state index in [0.717, 1.165) is 41.8 Å². The van der Waals surface area contributed by atoms with Crippen molar-refractivity contribution in [2.75, 3.05) is 0 Å². The highest BCUT2D eigenvalue weighted by atomic mass is 14.8. The molecule has 0 bridgehead atoms. The summed E-state index contributed by atoms with van der Waals surface area (Å²) in [7, 11) is 0. The Balaban J connectivity index is 0.931. The Hall–Kier alpha value is -7.61. The van der Waals surface area contributed by atoms with Crippen LogP contribution in [-0.4, -0.2) is 5.71 Å². The zero-order chi connectivity index (χ0) is 44.2. The largest absolute Gasteiger partial charge is 0.248 e. The van der Waals surface area contributed by atoms with Crippen LogP contribution in [0.15, 0.2) is 235 Å². The van der Waals surface area contributed by atoms with E-state index in [9.17, 15) is 0 Å². The van der Waals surface area contributed by atoms with Crippen molar-refractivity contribution in [3.05, 3.63) is 280 Å². The van der Waals surface area contributed by atoms with Crippen molar-refractivity contribution < 1.29 is 0 Å². The van der Waals surface area contributed by atoms with E-state index in [0.29, 0.717) is 5.92 Å². The van der Waals surface area contributed by atoms with Crippen molar-refractivity contribution in [3.63, 3.8) is 0 Å². The number of hydrogen-bond acceptors (Lipinski definition) is 1. The summed E-state index contributed by atoms with van der Waals surface area (Å²) in [6.07, 6.45) is 12.9. The van der Waals surface area contributed by atoms with Crippen LogP contribution < -0.4 is 0 Å². The summed E-state index contributed by atoms with van der Waals surface area (Å²) < 4.78 is 0. The van der Waals surface area contributed by atoms with E-state index in [2.05, 4.69) is 238 Å². The third kappa shape index (κ3) is 6.73. The normalized spacial score (nSPS) is 19.4. The minimum Gasteiger partial charge on any atom is -0.248 e. The maximum atomic E-state index is 5.54. The lowest BCUT2D eigenvalue weighted by molar-refractivity contribution is 0.742. The van der Waals surface area contributed by atoms with Crippen molar-refractivity contribution in [2.24, 2.45) is 10.9 Å². The van der Waals surface area contributed by atoms with Crippen molar-refractivity contribution in [1.29, 1.82) is 0 Å². The third-order valence-corrected chi connectivity index (χ3v) is 14.6. The van der Waals surface area contributed by atoms with Crippen molar-refractivity contribution in [1.82, 2.24) is 0 Å². The van der Waals surface area contributed by atoms with Gasteiger partial charge < -0.3 is 0 Å². The van der Waals surface area contributed by atoms with Gasteiger partial charge in [0.2, 0.25) is 0 Å². The van der Waals surface area contributed by atoms with Crippen LogP contribution in [0.5, 0.6) is 0 Å². The Morgan fingerprint density at radius 3 is 1.76 bits per heavy atom. The lowest BCUT2D eigenvalue weighted by atomic mass is 9.65. The van der Waals surface area contributed by atoms with Gasteiger partial charge in [0.15, 0.2) is 0 Å². The molecular weight excluding hydrogens is 795 g/mol. The first-order chi connectivity index (χ1) is 32.5. The minimum absolute atomic E-state index is 0.142. The van der Waals surface area contributed by atoms with Gasteiger partial charge >= 0.3 is 0 Å². The molecule has 1 spiro atoms. The maximum absolute atomic E-state index is 5.54. The molecule has 3 atom stereocenters. The molecule has 0 amide bonds. The molecule has 316 valence electrons. The van der Waals surface area contributed by atoms with Gasteiger partial charge in [-0.25, -0.2) is 4.99 Å². The molecular formula is C65H51N. The average molecular weight is 846 g/mol. The van der Waals surface area contributed by atoms with Gasteiger partial charge in [-0.2, -0.15) is 0 Å². The first kappa shape index (κ1) is 39.9.